The summed E-state index contributed by atoms with van der Waals surface area (Å²) < 4.78 is 48.3. The number of hydrogen-bond acceptors (Lipinski definition) is 11. The molecule has 4 aromatic rings. The zero-order chi connectivity index (χ0) is 39.3. The van der Waals surface area contributed by atoms with Crippen molar-refractivity contribution >= 4 is 8.53 Å². The van der Waals surface area contributed by atoms with Gasteiger partial charge in [0.25, 0.3) is 14.1 Å². The van der Waals surface area contributed by atoms with Gasteiger partial charge in [-0.05, 0) is 75.6 Å². The molecule has 2 saturated heterocycles. The van der Waals surface area contributed by atoms with Crippen LogP contribution in [0.4, 0.5) is 0 Å². The zero-order valence-corrected chi connectivity index (χ0v) is 33.2. The summed E-state index contributed by atoms with van der Waals surface area (Å²) in [5, 5.41) is 9.36. The van der Waals surface area contributed by atoms with E-state index in [1.54, 1.807) is 21.1 Å². The van der Waals surface area contributed by atoms with Crippen molar-refractivity contribution in [3.05, 3.63) is 128 Å². The predicted molar refractivity (Wildman–Crippen MR) is 207 cm³/mol. The van der Waals surface area contributed by atoms with Gasteiger partial charge in [-0.2, -0.15) is 5.26 Å². The Balaban J connectivity index is 1.48. The molecule has 1 N–H and O–H groups in total. The number of methoxy groups -OCH3 is 2. The maximum absolute atomic E-state index is 13.5. The first-order valence-electron chi connectivity index (χ1n) is 18.3. The molecule has 2 aliphatic rings. The number of benzene rings is 3. The van der Waals surface area contributed by atoms with Crippen molar-refractivity contribution in [2.75, 3.05) is 34.0 Å². The number of nitrogens with zero attached hydrogens (tertiary/aromatic N) is 3. The fraction of sp³-hybridized carbons (Fsp3) is 0.439. The SMILES string of the molecule is COc1ccc(C(OC[C@H]2O[C@]3(n4cc(C)c(=O)[nH]c4=O)CO[C@@H]3[C@@H]2OP(OCCC#N)N(C(C)C)C(C)C)(c2ccccc2)c2ccc(OC)cc2)cc1. The van der Waals surface area contributed by atoms with Crippen molar-refractivity contribution in [3.8, 4) is 17.6 Å². The number of ether oxygens (including phenoxy) is 5. The maximum Gasteiger partial charge on any atom is 0.330 e. The molecule has 13 nitrogen and oxygen atoms in total. The molecule has 2 fully saturated rings. The molecule has 2 aliphatic heterocycles. The minimum absolute atomic E-state index is 0.0256. The maximum atomic E-state index is 13.5. The van der Waals surface area contributed by atoms with Crippen LogP contribution in [-0.4, -0.2) is 78.7 Å². The van der Waals surface area contributed by atoms with Crippen LogP contribution in [0.5, 0.6) is 11.5 Å². The standard InChI is InChI=1S/C41H49N4O9P/c1-27(2)45(28(3)4)55(52-23-11-22-42)54-36-35(53-40(26-50-37(36)40)44-24-29(5)38(46)43-39(44)47)25-51-41(30-12-9-8-10-13-30,31-14-18-33(48-6)19-15-31)32-16-20-34(49-7)21-17-32/h8-10,12-21,24,27-28,35-37H,11,23,25-26H2,1-7H3,(H,43,46,47)/t35-,36-,37-,40-,55?/m1/s1. The average molecular weight is 773 g/mol. The third-order valence-corrected chi connectivity index (χ3v) is 12.1. The Kier molecular flexibility index (Phi) is 12.6. The molecule has 1 aromatic heterocycles. The van der Waals surface area contributed by atoms with Gasteiger partial charge in [-0.3, -0.25) is 14.3 Å². The molecule has 0 radical (unpaired) electrons. The Morgan fingerprint density at radius 3 is 2.04 bits per heavy atom. The number of H-pyrrole nitrogens is 1. The van der Waals surface area contributed by atoms with Crippen LogP contribution >= 0.6 is 8.53 Å². The highest BCUT2D eigenvalue weighted by atomic mass is 31.2. The van der Waals surface area contributed by atoms with Crippen molar-refractivity contribution in [1.29, 1.82) is 5.26 Å². The molecule has 292 valence electrons. The number of aromatic nitrogens is 2. The van der Waals surface area contributed by atoms with Crippen LogP contribution in [0.1, 0.15) is 56.4 Å². The van der Waals surface area contributed by atoms with Crippen molar-refractivity contribution in [2.45, 2.75) is 82.8 Å². The Hall–Kier alpha value is -4.38. The van der Waals surface area contributed by atoms with Crippen LogP contribution in [-0.2, 0) is 34.6 Å². The molecular formula is C41H49N4O9P. The Morgan fingerprint density at radius 2 is 1.53 bits per heavy atom. The molecule has 5 atom stereocenters. The number of aromatic amines is 1. The fourth-order valence-corrected chi connectivity index (χ4v) is 9.10. The highest BCUT2D eigenvalue weighted by molar-refractivity contribution is 7.44. The van der Waals surface area contributed by atoms with Gasteiger partial charge in [0.1, 0.15) is 35.4 Å². The lowest BCUT2D eigenvalue weighted by Gasteiger charge is -2.45. The smallest absolute Gasteiger partial charge is 0.330 e. The number of nitriles is 1. The summed E-state index contributed by atoms with van der Waals surface area (Å²) in [5.74, 6) is 1.38. The van der Waals surface area contributed by atoms with Gasteiger partial charge in [-0.1, -0.05) is 54.6 Å². The summed E-state index contributed by atoms with van der Waals surface area (Å²) in [5.41, 5.74) is -0.739. The first-order chi connectivity index (χ1) is 26.5. The monoisotopic (exact) mass is 772 g/mol. The summed E-state index contributed by atoms with van der Waals surface area (Å²) in [6.45, 7) is 10.0. The lowest BCUT2D eigenvalue weighted by molar-refractivity contribution is -0.279. The largest absolute Gasteiger partial charge is 0.497 e. The van der Waals surface area contributed by atoms with E-state index in [-0.39, 0.29) is 38.3 Å². The minimum atomic E-state index is -1.76. The summed E-state index contributed by atoms with van der Waals surface area (Å²) in [7, 11) is 1.48. The molecular weight excluding hydrogens is 723 g/mol. The van der Waals surface area contributed by atoms with E-state index in [9.17, 15) is 14.9 Å². The Labute approximate surface area is 322 Å². The van der Waals surface area contributed by atoms with Gasteiger partial charge < -0.3 is 32.7 Å². The zero-order valence-electron chi connectivity index (χ0n) is 32.3. The summed E-state index contributed by atoms with van der Waals surface area (Å²) >= 11 is 0. The minimum Gasteiger partial charge on any atom is -0.497 e. The van der Waals surface area contributed by atoms with E-state index in [1.165, 1.54) is 10.8 Å². The van der Waals surface area contributed by atoms with E-state index in [4.69, 9.17) is 32.7 Å². The van der Waals surface area contributed by atoms with Gasteiger partial charge in [0.2, 0.25) is 5.72 Å². The number of nitrogens with one attached hydrogen (secondary N) is 1. The van der Waals surface area contributed by atoms with Gasteiger partial charge in [-0.25, -0.2) is 9.46 Å². The molecule has 0 aliphatic carbocycles. The van der Waals surface area contributed by atoms with E-state index < -0.39 is 49.4 Å². The lowest BCUT2D eigenvalue weighted by Crippen LogP contribution is -2.63. The average Bonchev–Trinajstić information content (AvgIpc) is 3.38. The molecule has 0 bridgehead atoms. The molecule has 3 aromatic carbocycles. The quantitative estimate of drug-likeness (QED) is 0.0768. The van der Waals surface area contributed by atoms with Gasteiger partial charge in [0, 0.05) is 23.8 Å². The normalized spacial score (nSPS) is 21.3. The van der Waals surface area contributed by atoms with Gasteiger partial charge in [0.15, 0.2) is 0 Å². The number of fused-ring (bicyclic) bond motifs is 1. The Bertz CT molecular complexity index is 1990. The highest BCUT2D eigenvalue weighted by Crippen LogP contribution is 2.54. The van der Waals surface area contributed by atoms with Gasteiger partial charge in [0.05, 0.1) is 46.5 Å². The van der Waals surface area contributed by atoms with Crippen molar-refractivity contribution in [1.82, 2.24) is 14.2 Å². The number of hydrogen-bond donors (Lipinski definition) is 1. The van der Waals surface area contributed by atoms with Gasteiger partial charge in [-0.15, -0.1) is 0 Å². The van der Waals surface area contributed by atoms with E-state index >= 15 is 0 Å². The molecule has 55 heavy (non-hydrogen) atoms. The summed E-state index contributed by atoms with van der Waals surface area (Å²) in [4.78, 5) is 28.3. The second-order valence-electron chi connectivity index (χ2n) is 14.1. The van der Waals surface area contributed by atoms with Crippen molar-refractivity contribution < 1.29 is 32.7 Å². The van der Waals surface area contributed by atoms with E-state index in [0.717, 1.165) is 16.7 Å². The molecule has 0 spiro atoms. The van der Waals surface area contributed by atoms with E-state index in [0.29, 0.717) is 17.1 Å². The third kappa shape index (κ3) is 7.86. The van der Waals surface area contributed by atoms with Crippen LogP contribution in [0.3, 0.4) is 0 Å². The second-order valence-corrected chi connectivity index (χ2v) is 15.5. The molecule has 1 unspecified atom stereocenters. The van der Waals surface area contributed by atoms with E-state index in [2.05, 4.69) is 43.4 Å². The van der Waals surface area contributed by atoms with Crippen LogP contribution in [0.15, 0.2) is 94.6 Å². The Morgan fingerprint density at radius 1 is 0.945 bits per heavy atom. The van der Waals surface area contributed by atoms with E-state index in [1.807, 2.05) is 78.9 Å². The van der Waals surface area contributed by atoms with Crippen LogP contribution in [0.25, 0.3) is 0 Å². The molecule has 3 heterocycles. The molecule has 0 saturated carbocycles. The molecule has 0 amide bonds. The van der Waals surface area contributed by atoms with Gasteiger partial charge >= 0.3 is 5.69 Å². The topological polar surface area (TPSA) is 147 Å². The lowest BCUT2D eigenvalue weighted by atomic mass is 9.80. The van der Waals surface area contributed by atoms with Crippen molar-refractivity contribution in [2.24, 2.45) is 0 Å². The highest BCUT2D eigenvalue weighted by Gasteiger charge is 2.66. The van der Waals surface area contributed by atoms with Crippen molar-refractivity contribution in [3.63, 3.8) is 0 Å². The first-order valence-corrected chi connectivity index (χ1v) is 19.5. The molecule has 14 heteroatoms. The predicted octanol–water partition coefficient (Wildman–Crippen LogP) is 5.98. The van der Waals surface area contributed by atoms with Crippen LogP contribution in [0, 0.1) is 18.3 Å². The number of rotatable bonds is 17. The van der Waals surface area contributed by atoms with Crippen LogP contribution < -0.4 is 20.7 Å². The summed E-state index contributed by atoms with van der Waals surface area (Å²) in [6, 6.07) is 27.6. The summed E-state index contributed by atoms with van der Waals surface area (Å²) in [6.07, 6.45) is -0.707. The first kappa shape index (κ1) is 40.3. The molecule has 6 rings (SSSR count). The second kappa shape index (κ2) is 17.2. The number of aryl methyl sites for hydroxylation is 1. The fourth-order valence-electron chi connectivity index (χ4n) is 7.34. The van der Waals surface area contributed by atoms with Crippen LogP contribution in [0.2, 0.25) is 0 Å². The third-order valence-electron chi connectivity index (χ3n) is 9.97.